The van der Waals surface area contributed by atoms with Crippen LogP contribution in [0.5, 0.6) is 5.88 Å². The first kappa shape index (κ1) is 33.3. The van der Waals surface area contributed by atoms with Gasteiger partial charge in [-0.1, -0.05) is 18.8 Å². The number of halogens is 1. The van der Waals surface area contributed by atoms with Gasteiger partial charge in [0.05, 0.1) is 32.0 Å². The van der Waals surface area contributed by atoms with E-state index in [1.807, 2.05) is 0 Å². The first-order valence-electron chi connectivity index (χ1n) is 14.6. The molecule has 6 heterocycles. The van der Waals surface area contributed by atoms with Gasteiger partial charge in [-0.25, -0.2) is 28.9 Å². The van der Waals surface area contributed by atoms with E-state index < -0.39 is 56.4 Å². The molecule has 0 radical (unpaired) electrons. The van der Waals surface area contributed by atoms with Gasteiger partial charge in [-0.15, -0.1) is 0 Å². The highest BCUT2D eigenvalue weighted by Crippen LogP contribution is 2.62. The van der Waals surface area contributed by atoms with Crippen molar-refractivity contribution in [3.05, 3.63) is 43.1 Å². The summed E-state index contributed by atoms with van der Waals surface area (Å²) in [6.07, 6.45) is 1.77. The Labute approximate surface area is 282 Å². The minimum Gasteiger partial charge on any atom is -0.493 e. The molecule has 2 unspecified atom stereocenters. The third kappa shape index (κ3) is 5.66. The lowest BCUT2D eigenvalue weighted by Gasteiger charge is -2.45. The standard InChI is InChI=1S/C26H31FN10O7P2S2/c1-12-17-13(6-15(17)36-10-33-20-23(36)34-26-31-4-5-35(26)24(20)38)7-41-45(39,47)9-14-16(8-42-46(40,48)44-12)43-25(18(14)27)37-11-32-19(21(28)29-2)22(37)30-3/h4-5,10-11,13-18,25,38H,1,3,6-9H2,2H3,(H2,28,29)(H,39,47)(H,40,48)/t13-,14-,15-,16-,17-,18-,25-,45?,46?/m1/s1. The van der Waals surface area contributed by atoms with Gasteiger partial charge in [0.15, 0.2) is 29.4 Å². The molecule has 3 aliphatic rings. The van der Waals surface area contributed by atoms with Gasteiger partial charge in [-0.05, 0) is 31.3 Å². The Morgan fingerprint density at radius 1 is 1.19 bits per heavy atom. The van der Waals surface area contributed by atoms with Crippen LogP contribution in [0.1, 0.15) is 24.4 Å². The lowest BCUT2D eigenvalue weighted by molar-refractivity contribution is -0.0357. The Morgan fingerprint density at radius 3 is 2.71 bits per heavy atom. The lowest BCUT2D eigenvalue weighted by atomic mass is 9.68. The average Bonchev–Trinajstić information content (AvgIpc) is 3.81. The maximum absolute atomic E-state index is 16.3. The zero-order chi connectivity index (χ0) is 34.1. The topological polar surface area (TPSA) is 208 Å². The van der Waals surface area contributed by atoms with Crippen LogP contribution >= 0.6 is 37.9 Å². The van der Waals surface area contributed by atoms with Crippen LogP contribution in [0, 0.1) is 17.8 Å². The fraction of sp³-hybridized carbons (Fsp3) is 0.462. The van der Waals surface area contributed by atoms with E-state index in [1.54, 1.807) is 10.8 Å². The number of hydrogen-bond acceptors (Lipinski definition) is 13. The third-order valence-electron chi connectivity index (χ3n) is 8.95. The highest BCUT2D eigenvalue weighted by molar-refractivity contribution is 8.46. The van der Waals surface area contributed by atoms with Crippen molar-refractivity contribution in [1.29, 1.82) is 0 Å². The molecule has 3 fully saturated rings. The maximum atomic E-state index is 16.3. The zero-order valence-corrected chi connectivity index (χ0v) is 28.8. The SMILES string of the molecule is C=Nc1c(/C(N)=N\C)ncn1[C@@H]1O[C@@H]2COP(=O)(S)OC(=C)[C@@H]3[C@@H](COP(=O)(S)C[C@H]2[C@H]1F)C[C@H]3n1cnc2c(O)n3ccnc3nc21. The number of hydrogen-bond donors (Lipinski definition) is 4. The third-order valence-corrected chi connectivity index (χ3v) is 12.7. The number of aromatic nitrogens is 7. The summed E-state index contributed by atoms with van der Waals surface area (Å²) in [5.41, 5.74) is 6.70. The smallest absolute Gasteiger partial charge is 0.436 e. The van der Waals surface area contributed by atoms with Gasteiger partial charge in [0, 0.05) is 43.5 Å². The predicted octanol–water partition coefficient (Wildman–Crippen LogP) is 4.12. The van der Waals surface area contributed by atoms with Crippen LogP contribution in [0.3, 0.4) is 0 Å². The summed E-state index contributed by atoms with van der Waals surface area (Å²) in [6.45, 7) is -0.865. The van der Waals surface area contributed by atoms with E-state index in [0.717, 1.165) is 0 Å². The molecule has 4 aromatic heterocycles. The first-order valence-corrected chi connectivity index (χ1v) is 20.2. The molecule has 0 aromatic carbocycles. The molecule has 0 bridgehead atoms. The molecule has 7 rings (SSSR count). The van der Waals surface area contributed by atoms with Crippen LogP contribution in [-0.2, 0) is 27.4 Å². The Kier molecular flexibility index (Phi) is 8.50. The van der Waals surface area contributed by atoms with Crippen LogP contribution in [0.25, 0.3) is 16.9 Å². The Hall–Kier alpha value is -3.25. The molecule has 0 amide bonds. The number of aliphatic imine (C=N–C) groups is 2. The summed E-state index contributed by atoms with van der Waals surface area (Å²) < 4.78 is 71.3. The number of rotatable bonds is 4. The molecule has 1 saturated carbocycles. The summed E-state index contributed by atoms with van der Waals surface area (Å²) in [4.78, 5) is 25.1. The molecule has 9 atom stereocenters. The molecule has 48 heavy (non-hydrogen) atoms. The monoisotopic (exact) mass is 740 g/mol. The number of ether oxygens (including phenoxy) is 1. The molecule has 17 nitrogen and oxygen atoms in total. The van der Waals surface area contributed by atoms with Gasteiger partial charge < -0.3 is 29.2 Å². The molecule has 2 aliphatic heterocycles. The number of thiol groups is 2. The van der Waals surface area contributed by atoms with Crippen molar-refractivity contribution in [2.24, 2.45) is 33.5 Å². The fourth-order valence-electron chi connectivity index (χ4n) is 6.57. The summed E-state index contributed by atoms with van der Waals surface area (Å²) in [5.74, 6) is -1.64. The van der Waals surface area contributed by atoms with E-state index in [1.165, 1.54) is 34.9 Å². The molecule has 0 spiro atoms. The van der Waals surface area contributed by atoms with Gasteiger partial charge in [-0.2, -0.15) is 4.98 Å². The van der Waals surface area contributed by atoms with E-state index in [0.29, 0.717) is 12.1 Å². The molecule has 22 heteroatoms. The number of allylic oxidation sites excluding steroid dienone is 1. The minimum absolute atomic E-state index is 0.0552. The van der Waals surface area contributed by atoms with Gasteiger partial charge in [0.25, 0.3) is 6.57 Å². The normalized spacial score (nSPS) is 34.8. The number of nitrogens with zero attached hydrogens (tertiary/aromatic N) is 9. The van der Waals surface area contributed by atoms with Crippen molar-refractivity contribution in [3.63, 3.8) is 0 Å². The highest BCUT2D eigenvalue weighted by Gasteiger charge is 2.52. The number of alkyl halides is 1. The number of aromatic hydroxyl groups is 1. The fourth-order valence-corrected chi connectivity index (χ4v) is 10.2. The van der Waals surface area contributed by atoms with Crippen LogP contribution in [0.15, 0.2) is 47.4 Å². The molecule has 4 aromatic rings. The summed E-state index contributed by atoms with van der Waals surface area (Å²) in [6, 6.07) is -0.392. The number of fused-ring (bicyclic) bond motifs is 4. The second-order valence-corrected chi connectivity index (χ2v) is 18.2. The van der Waals surface area contributed by atoms with Crippen LogP contribution in [-0.4, -0.2) is 89.8 Å². The van der Waals surface area contributed by atoms with Crippen LogP contribution in [0.4, 0.5) is 10.2 Å². The Morgan fingerprint density at radius 2 is 1.96 bits per heavy atom. The molecule has 2 saturated heterocycles. The second-order valence-electron chi connectivity index (χ2n) is 11.6. The number of amidine groups is 1. The average molecular weight is 741 g/mol. The first-order chi connectivity index (χ1) is 22.8. The number of nitrogens with two attached hydrogens (primary N) is 1. The molecular formula is C26H31FN10O7P2S2. The van der Waals surface area contributed by atoms with Gasteiger partial charge in [0.2, 0.25) is 11.7 Å². The largest absolute Gasteiger partial charge is 0.493 e. The van der Waals surface area contributed by atoms with Gasteiger partial charge in [-0.3, -0.25) is 23.0 Å². The molecule has 1 aliphatic carbocycles. The van der Waals surface area contributed by atoms with Crippen molar-refractivity contribution in [2.75, 3.05) is 26.4 Å². The van der Waals surface area contributed by atoms with E-state index in [2.05, 4.69) is 67.7 Å². The maximum Gasteiger partial charge on any atom is 0.436 e. The van der Waals surface area contributed by atoms with Crippen molar-refractivity contribution in [1.82, 2.24) is 33.5 Å². The van der Waals surface area contributed by atoms with E-state index in [4.69, 9.17) is 24.0 Å². The second kappa shape index (κ2) is 12.3. The lowest BCUT2D eigenvalue weighted by Crippen LogP contribution is -2.42. The zero-order valence-electron chi connectivity index (χ0n) is 25.3. The van der Waals surface area contributed by atoms with E-state index in [9.17, 15) is 14.2 Å². The van der Waals surface area contributed by atoms with Crippen LogP contribution in [0.2, 0.25) is 0 Å². The Bertz CT molecular complexity index is 2070. The molecule has 256 valence electrons. The van der Waals surface area contributed by atoms with Gasteiger partial charge in [0.1, 0.15) is 17.3 Å². The summed E-state index contributed by atoms with van der Waals surface area (Å²) in [5, 5.41) is 10.7. The van der Waals surface area contributed by atoms with E-state index in [-0.39, 0.29) is 59.0 Å². The van der Waals surface area contributed by atoms with Crippen molar-refractivity contribution in [3.8, 4) is 5.88 Å². The quantitative estimate of drug-likeness (QED) is 0.101. The predicted molar refractivity (Wildman–Crippen MR) is 179 cm³/mol. The van der Waals surface area contributed by atoms with E-state index >= 15 is 4.39 Å². The van der Waals surface area contributed by atoms with Crippen molar-refractivity contribution >= 4 is 73.2 Å². The molecule has 3 N–H and O–H groups in total. The molecular weight excluding hydrogens is 709 g/mol. The van der Waals surface area contributed by atoms with Crippen LogP contribution < -0.4 is 5.73 Å². The van der Waals surface area contributed by atoms with Gasteiger partial charge >= 0.3 is 6.80 Å². The summed E-state index contributed by atoms with van der Waals surface area (Å²) >= 11 is 8.53. The highest BCUT2D eigenvalue weighted by atomic mass is 32.7. The Balaban J connectivity index is 1.17. The number of imidazole rings is 3. The van der Waals surface area contributed by atoms with Crippen molar-refractivity contribution in [2.45, 2.75) is 31.0 Å². The minimum atomic E-state index is -4.15. The summed E-state index contributed by atoms with van der Waals surface area (Å²) in [7, 11) is 1.47. The van der Waals surface area contributed by atoms with Crippen molar-refractivity contribution < 1.29 is 36.9 Å².